The third kappa shape index (κ3) is 2.31. The average molecular weight is 391 g/mol. The molecule has 0 fully saturated rings. The largest absolute Gasteiger partial charge is 0.461 e. The molecule has 1 amide bonds. The molecule has 1 aromatic heterocycles. The lowest BCUT2D eigenvalue weighted by Crippen LogP contribution is -2.03. The highest BCUT2D eigenvalue weighted by Crippen LogP contribution is 2.35. The van der Waals surface area contributed by atoms with Crippen molar-refractivity contribution < 1.29 is 9.21 Å². The minimum atomic E-state index is -0.0543. The van der Waals surface area contributed by atoms with Crippen LogP contribution in [-0.4, -0.2) is 5.91 Å². The first-order valence-corrected chi connectivity index (χ1v) is 8.23. The summed E-state index contributed by atoms with van der Waals surface area (Å²) >= 11 is 2.26. The van der Waals surface area contributed by atoms with Gasteiger partial charge < -0.3 is 9.73 Å². The molecule has 4 rings (SSSR count). The second kappa shape index (κ2) is 5.02. The van der Waals surface area contributed by atoms with Gasteiger partial charge in [-0.15, -0.1) is 0 Å². The molecule has 1 aliphatic heterocycles. The van der Waals surface area contributed by atoms with Gasteiger partial charge in [0, 0.05) is 21.2 Å². The van der Waals surface area contributed by atoms with Crippen molar-refractivity contribution >= 4 is 45.8 Å². The lowest BCUT2D eigenvalue weighted by molar-refractivity contribution is -0.110. The molecule has 21 heavy (non-hydrogen) atoms. The van der Waals surface area contributed by atoms with Gasteiger partial charge in [-0.05, 0) is 77.8 Å². The van der Waals surface area contributed by atoms with Crippen LogP contribution in [0.15, 0.2) is 28.7 Å². The molecule has 0 saturated carbocycles. The van der Waals surface area contributed by atoms with E-state index in [-0.39, 0.29) is 5.91 Å². The molecular formula is C17H14INO2. The summed E-state index contributed by atoms with van der Waals surface area (Å²) in [6, 6.07) is 8.06. The van der Waals surface area contributed by atoms with Crippen LogP contribution in [0.3, 0.4) is 0 Å². The van der Waals surface area contributed by atoms with Crippen LogP contribution < -0.4 is 5.32 Å². The number of nitrogens with one attached hydrogen (secondary N) is 1. The number of hydrogen-bond donors (Lipinski definition) is 1. The number of benzene rings is 1. The monoisotopic (exact) mass is 391 g/mol. The first-order chi connectivity index (χ1) is 10.2. The van der Waals surface area contributed by atoms with Gasteiger partial charge >= 0.3 is 0 Å². The van der Waals surface area contributed by atoms with Crippen molar-refractivity contribution in [2.45, 2.75) is 25.7 Å². The number of fused-ring (bicyclic) bond motifs is 2. The smallest absolute Gasteiger partial charge is 0.256 e. The van der Waals surface area contributed by atoms with E-state index in [2.05, 4.69) is 34.0 Å². The highest BCUT2D eigenvalue weighted by Gasteiger charge is 2.25. The van der Waals surface area contributed by atoms with Crippen LogP contribution in [0.1, 0.15) is 35.5 Å². The molecule has 1 aliphatic carbocycles. The van der Waals surface area contributed by atoms with Gasteiger partial charge in [-0.2, -0.15) is 0 Å². The number of rotatable bonds is 1. The number of halogens is 1. The first-order valence-electron chi connectivity index (χ1n) is 7.15. The van der Waals surface area contributed by atoms with Crippen LogP contribution in [0.25, 0.3) is 11.6 Å². The molecule has 2 heterocycles. The van der Waals surface area contributed by atoms with E-state index in [1.165, 1.54) is 18.4 Å². The van der Waals surface area contributed by atoms with E-state index in [0.29, 0.717) is 5.57 Å². The van der Waals surface area contributed by atoms with Gasteiger partial charge in [0.15, 0.2) is 0 Å². The van der Waals surface area contributed by atoms with Gasteiger partial charge in [-0.25, -0.2) is 0 Å². The van der Waals surface area contributed by atoms with E-state index < -0.39 is 0 Å². The number of hydrogen-bond acceptors (Lipinski definition) is 2. The van der Waals surface area contributed by atoms with E-state index in [4.69, 9.17) is 4.42 Å². The van der Waals surface area contributed by atoms with E-state index >= 15 is 0 Å². The molecule has 0 saturated heterocycles. The highest BCUT2D eigenvalue weighted by molar-refractivity contribution is 14.1. The molecule has 1 aromatic carbocycles. The summed E-state index contributed by atoms with van der Waals surface area (Å²) in [5, 5.41) is 2.90. The fourth-order valence-electron chi connectivity index (χ4n) is 3.03. The first kappa shape index (κ1) is 13.1. The molecule has 0 spiro atoms. The summed E-state index contributed by atoms with van der Waals surface area (Å²) in [6.45, 7) is 0. The Hall–Kier alpha value is -1.56. The van der Waals surface area contributed by atoms with Crippen LogP contribution in [0.2, 0.25) is 0 Å². The number of amides is 1. The minimum Gasteiger partial charge on any atom is -0.461 e. The molecule has 2 aliphatic rings. The molecule has 2 aromatic rings. The Kier molecular flexibility index (Phi) is 3.14. The summed E-state index contributed by atoms with van der Waals surface area (Å²) in [7, 11) is 0. The fourth-order valence-corrected chi connectivity index (χ4v) is 3.52. The van der Waals surface area contributed by atoms with Crippen LogP contribution in [0.5, 0.6) is 0 Å². The summed E-state index contributed by atoms with van der Waals surface area (Å²) in [5.41, 5.74) is 3.83. The van der Waals surface area contributed by atoms with Crippen LogP contribution >= 0.6 is 22.6 Å². The van der Waals surface area contributed by atoms with Crippen LogP contribution in [0.4, 0.5) is 5.69 Å². The summed E-state index contributed by atoms with van der Waals surface area (Å²) < 4.78 is 7.02. The van der Waals surface area contributed by atoms with Crippen molar-refractivity contribution in [2.24, 2.45) is 0 Å². The SMILES string of the molecule is O=C1Nc2ccc(I)cc2C1=Cc1cc2c(o1)CCCC2. The van der Waals surface area contributed by atoms with Crippen molar-refractivity contribution in [3.05, 3.63) is 50.5 Å². The maximum absolute atomic E-state index is 12.2. The zero-order chi connectivity index (χ0) is 14.4. The number of carbonyl (C=O) groups excluding carboxylic acids is 1. The lowest BCUT2D eigenvalue weighted by atomic mass is 9.98. The molecule has 0 atom stereocenters. The van der Waals surface area contributed by atoms with Crippen molar-refractivity contribution in [2.75, 3.05) is 5.32 Å². The van der Waals surface area contributed by atoms with Crippen LogP contribution in [-0.2, 0) is 17.6 Å². The van der Waals surface area contributed by atoms with Gasteiger partial charge in [0.2, 0.25) is 0 Å². The quantitative estimate of drug-likeness (QED) is 0.583. The van der Waals surface area contributed by atoms with E-state index in [9.17, 15) is 4.79 Å². The van der Waals surface area contributed by atoms with Gasteiger partial charge in [0.05, 0.1) is 5.57 Å². The van der Waals surface area contributed by atoms with Crippen LogP contribution in [0, 0.1) is 3.57 Å². The Balaban J connectivity index is 1.78. The maximum atomic E-state index is 12.2. The third-order valence-corrected chi connectivity index (χ3v) is 4.74. The van der Waals surface area contributed by atoms with Gasteiger partial charge in [-0.3, -0.25) is 4.79 Å². The Morgan fingerprint density at radius 3 is 2.90 bits per heavy atom. The van der Waals surface area contributed by atoms with Gasteiger partial charge in [0.1, 0.15) is 11.5 Å². The number of carbonyl (C=O) groups is 1. The molecule has 0 unspecified atom stereocenters. The fraction of sp³-hybridized carbons (Fsp3) is 0.235. The molecular weight excluding hydrogens is 377 g/mol. The third-order valence-electron chi connectivity index (χ3n) is 4.07. The zero-order valence-electron chi connectivity index (χ0n) is 11.4. The van der Waals surface area contributed by atoms with E-state index in [1.807, 2.05) is 24.3 Å². The Bertz CT molecular complexity index is 750. The Morgan fingerprint density at radius 1 is 1.19 bits per heavy atom. The Labute approximate surface area is 136 Å². The predicted molar refractivity (Wildman–Crippen MR) is 91.0 cm³/mol. The molecule has 3 nitrogen and oxygen atoms in total. The van der Waals surface area contributed by atoms with Gasteiger partial charge in [-0.1, -0.05) is 0 Å². The minimum absolute atomic E-state index is 0.0543. The number of anilines is 1. The summed E-state index contributed by atoms with van der Waals surface area (Å²) in [5.74, 6) is 1.83. The maximum Gasteiger partial charge on any atom is 0.256 e. The second-order valence-electron chi connectivity index (χ2n) is 5.51. The number of aryl methyl sites for hydroxylation is 2. The zero-order valence-corrected chi connectivity index (χ0v) is 13.6. The molecule has 0 bridgehead atoms. The van der Waals surface area contributed by atoms with E-state index in [1.54, 1.807) is 0 Å². The Morgan fingerprint density at radius 2 is 2.05 bits per heavy atom. The summed E-state index contributed by atoms with van der Waals surface area (Å²) in [4.78, 5) is 12.2. The topological polar surface area (TPSA) is 42.2 Å². The standard InChI is InChI=1S/C17H14INO2/c18-11-5-6-15-13(8-11)14(17(20)19-15)9-12-7-10-3-1-2-4-16(10)21-12/h5-9H,1-4H2,(H,19,20). The average Bonchev–Trinajstić information content (AvgIpc) is 3.01. The molecule has 1 N–H and O–H groups in total. The normalized spacial score (nSPS) is 18.5. The predicted octanol–water partition coefficient (Wildman–Crippen LogP) is 4.26. The highest BCUT2D eigenvalue weighted by atomic mass is 127. The molecule has 4 heteroatoms. The number of furan rings is 1. The molecule has 106 valence electrons. The van der Waals surface area contributed by atoms with E-state index in [0.717, 1.165) is 39.2 Å². The lowest BCUT2D eigenvalue weighted by Gasteiger charge is -2.07. The molecule has 0 radical (unpaired) electrons. The van der Waals surface area contributed by atoms with Crippen molar-refractivity contribution in [1.82, 2.24) is 0 Å². The summed E-state index contributed by atoms with van der Waals surface area (Å²) in [6.07, 6.45) is 6.39. The van der Waals surface area contributed by atoms with Crippen molar-refractivity contribution in [3.63, 3.8) is 0 Å². The van der Waals surface area contributed by atoms with Gasteiger partial charge in [0.25, 0.3) is 5.91 Å². The second-order valence-corrected chi connectivity index (χ2v) is 6.75. The van der Waals surface area contributed by atoms with Crippen molar-refractivity contribution in [3.8, 4) is 0 Å². The van der Waals surface area contributed by atoms with Crippen molar-refractivity contribution in [1.29, 1.82) is 0 Å².